The van der Waals surface area contributed by atoms with Crippen LogP contribution in [-0.2, 0) is 20.9 Å². The second kappa shape index (κ2) is 8.85. The van der Waals surface area contributed by atoms with E-state index in [1.54, 1.807) is 0 Å². The molecule has 0 fully saturated rings. The molecule has 0 aliphatic heterocycles. The summed E-state index contributed by atoms with van der Waals surface area (Å²) in [6.45, 7) is 2.41. The van der Waals surface area contributed by atoms with Crippen LogP contribution in [-0.4, -0.2) is 25.3 Å². The molecule has 0 bridgehead atoms. The van der Waals surface area contributed by atoms with Crippen molar-refractivity contribution < 1.29 is 19.0 Å². The Morgan fingerprint density at radius 1 is 0.955 bits per heavy atom. The number of para-hydroxylation sites is 1. The summed E-state index contributed by atoms with van der Waals surface area (Å²) < 4.78 is 16.4. The van der Waals surface area contributed by atoms with Crippen LogP contribution >= 0.6 is 0 Å². The molecule has 4 nitrogen and oxygen atoms in total. The first-order valence-corrected chi connectivity index (χ1v) is 7.21. The molecule has 116 valence electrons. The van der Waals surface area contributed by atoms with E-state index in [-0.39, 0.29) is 12.6 Å². The molecule has 1 atom stereocenters. The summed E-state index contributed by atoms with van der Waals surface area (Å²) >= 11 is 0. The highest BCUT2D eigenvalue weighted by molar-refractivity contribution is 5.66. The minimum Gasteiger partial charge on any atom is -0.490 e. The molecule has 0 aliphatic carbocycles. The van der Waals surface area contributed by atoms with Crippen LogP contribution in [0.4, 0.5) is 0 Å². The van der Waals surface area contributed by atoms with Crippen LogP contribution < -0.4 is 4.74 Å². The van der Waals surface area contributed by atoms with Crippen LogP contribution in [0.15, 0.2) is 60.7 Å². The van der Waals surface area contributed by atoms with Gasteiger partial charge in [0.15, 0.2) is 6.10 Å². The molecular formula is C18H20O4. The molecule has 4 heteroatoms. The summed E-state index contributed by atoms with van der Waals surface area (Å²) in [6.07, 6.45) is -0.429. The molecule has 0 spiro atoms. The molecule has 2 aromatic rings. The standard InChI is InChI=1S/C18H20O4/c1-15(19)22-18(14-21-17-10-6-3-7-11-17)13-20-12-16-8-4-2-5-9-16/h2-11,18H,12-14H2,1H3. The number of carbonyl (C=O) groups excluding carboxylic acids is 1. The molecule has 0 aliphatic rings. The number of ether oxygens (including phenoxy) is 3. The second-order valence-corrected chi connectivity index (χ2v) is 4.86. The van der Waals surface area contributed by atoms with Crippen molar-refractivity contribution in [3.63, 3.8) is 0 Å². The van der Waals surface area contributed by atoms with E-state index in [2.05, 4.69) is 0 Å². The van der Waals surface area contributed by atoms with Crippen molar-refractivity contribution in [2.75, 3.05) is 13.2 Å². The lowest BCUT2D eigenvalue weighted by Gasteiger charge is -2.18. The Morgan fingerprint density at radius 3 is 2.23 bits per heavy atom. The van der Waals surface area contributed by atoms with Gasteiger partial charge in [-0.05, 0) is 17.7 Å². The molecule has 0 N–H and O–H groups in total. The van der Waals surface area contributed by atoms with Crippen LogP contribution in [0.25, 0.3) is 0 Å². The number of rotatable bonds is 8. The average molecular weight is 300 g/mol. The molecule has 0 saturated carbocycles. The van der Waals surface area contributed by atoms with Gasteiger partial charge in [-0.1, -0.05) is 48.5 Å². The Kier molecular flexibility index (Phi) is 6.45. The largest absolute Gasteiger partial charge is 0.490 e. The van der Waals surface area contributed by atoms with Crippen LogP contribution in [0.1, 0.15) is 12.5 Å². The van der Waals surface area contributed by atoms with Crippen molar-refractivity contribution in [1.29, 1.82) is 0 Å². The molecule has 0 radical (unpaired) electrons. The van der Waals surface area contributed by atoms with E-state index in [9.17, 15) is 4.79 Å². The molecule has 22 heavy (non-hydrogen) atoms. The lowest BCUT2D eigenvalue weighted by molar-refractivity contribution is -0.151. The maximum absolute atomic E-state index is 11.2. The van der Waals surface area contributed by atoms with Crippen LogP contribution in [0, 0.1) is 0 Å². The highest BCUT2D eigenvalue weighted by Crippen LogP contribution is 2.10. The third kappa shape index (κ3) is 5.97. The zero-order valence-electron chi connectivity index (χ0n) is 12.6. The van der Waals surface area contributed by atoms with E-state index in [1.165, 1.54) is 6.92 Å². The molecule has 2 aromatic carbocycles. The minimum absolute atomic E-state index is 0.262. The Balaban J connectivity index is 1.79. The fourth-order valence-corrected chi connectivity index (χ4v) is 1.94. The van der Waals surface area contributed by atoms with Crippen molar-refractivity contribution >= 4 is 5.97 Å². The number of benzene rings is 2. The first kappa shape index (κ1) is 16.0. The van der Waals surface area contributed by atoms with E-state index < -0.39 is 6.10 Å². The third-order valence-corrected chi connectivity index (χ3v) is 2.93. The molecular weight excluding hydrogens is 280 g/mol. The lowest BCUT2D eigenvalue weighted by atomic mass is 10.2. The summed E-state index contributed by atoms with van der Waals surface area (Å²) in [5.41, 5.74) is 1.08. The summed E-state index contributed by atoms with van der Waals surface area (Å²) in [5, 5.41) is 0. The van der Waals surface area contributed by atoms with Gasteiger partial charge in [-0.3, -0.25) is 4.79 Å². The first-order valence-electron chi connectivity index (χ1n) is 7.21. The summed E-state index contributed by atoms with van der Waals surface area (Å²) in [7, 11) is 0. The van der Waals surface area contributed by atoms with Gasteiger partial charge in [0, 0.05) is 6.92 Å². The van der Waals surface area contributed by atoms with Crippen molar-refractivity contribution in [3.05, 3.63) is 66.2 Å². The van der Waals surface area contributed by atoms with E-state index >= 15 is 0 Å². The van der Waals surface area contributed by atoms with Gasteiger partial charge >= 0.3 is 5.97 Å². The Bertz CT molecular complexity index is 554. The van der Waals surface area contributed by atoms with E-state index in [0.29, 0.717) is 13.2 Å². The molecule has 0 heterocycles. The topological polar surface area (TPSA) is 44.8 Å². The van der Waals surface area contributed by atoms with Crippen molar-refractivity contribution in [2.24, 2.45) is 0 Å². The second-order valence-electron chi connectivity index (χ2n) is 4.86. The maximum Gasteiger partial charge on any atom is 0.303 e. The predicted molar refractivity (Wildman–Crippen MR) is 83.6 cm³/mol. The number of hydrogen-bond donors (Lipinski definition) is 0. The van der Waals surface area contributed by atoms with Gasteiger partial charge in [0.2, 0.25) is 0 Å². The number of hydrogen-bond acceptors (Lipinski definition) is 4. The fourth-order valence-electron chi connectivity index (χ4n) is 1.94. The van der Waals surface area contributed by atoms with Crippen molar-refractivity contribution in [1.82, 2.24) is 0 Å². The van der Waals surface area contributed by atoms with Crippen LogP contribution in [0.5, 0.6) is 5.75 Å². The molecule has 0 saturated heterocycles. The third-order valence-electron chi connectivity index (χ3n) is 2.93. The van der Waals surface area contributed by atoms with E-state index in [1.807, 2.05) is 60.7 Å². The fraction of sp³-hybridized carbons (Fsp3) is 0.278. The first-order chi connectivity index (χ1) is 10.7. The predicted octanol–water partition coefficient (Wildman–Crippen LogP) is 3.21. The molecule has 0 amide bonds. The highest BCUT2D eigenvalue weighted by Gasteiger charge is 2.13. The number of carbonyl (C=O) groups is 1. The SMILES string of the molecule is CC(=O)OC(COCc1ccccc1)COc1ccccc1. The van der Waals surface area contributed by atoms with Gasteiger partial charge in [0.25, 0.3) is 0 Å². The Morgan fingerprint density at radius 2 is 1.59 bits per heavy atom. The monoisotopic (exact) mass is 300 g/mol. The highest BCUT2D eigenvalue weighted by atomic mass is 16.6. The van der Waals surface area contributed by atoms with E-state index in [0.717, 1.165) is 11.3 Å². The van der Waals surface area contributed by atoms with Gasteiger partial charge in [-0.15, -0.1) is 0 Å². The molecule has 2 rings (SSSR count). The Labute approximate surface area is 130 Å². The molecule has 0 aromatic heterocycles. The van der Waals surface area contributed by atoms with Gasteiger partial charge in [-0.2, -0.15) is 0 Å². The van der Waals surface area contributed by atoms with Gasteiger partial charge in [0.05, 0.1) is 13.2 Å². The minimum atomic E-state index is -0.429. The zero-order chi connectivity index (χ0) is 15.6. The van der Waals surface area contributed by atoms with Crippen LogP contribution in [0.3, 0.4) is 0 Å². The summed E-state index contributed by atoms with van der Waals surface area (Å²) in [5.74, 6) is 0.396. The van der Waals surface area contributed by atoms with Gasteiger partial charge < -0.3 is 14.2 Å². The molecule has 1 unspecified atom stereocenters. The maximum atomic E-state index is 11.2. The van der Waals surface area contributed by atoms with Crippen molar-refractivity contribution in [3.8, 4) is 5.75 Å². The van der Waals surface area contributed by atoms with Gasteiger partial charge in [-0.25, -0.2) is 0 Å². The van der Waals surface area contributed by atoms with Crippen molar-refractivity contribution in [2.45, 2.75) is 19.6 Å². The quantitative estimate of drug-likeness (QED) is 0.702. The average Bonchev–Trinajstić information content (AvgIpc) is 2.54. The Hall–Kier alpha value is -2.33. The van der Waals surface area contributed by atoms with Crippen LogP contribution in [0.2, 0.25) is 0 Å². The lowest BCUT2D eigenvalue weighted by Crippen LogP contribution is -2.29. The summed E-state index contributed by atoms with van der Waals surface area (Å²) in [4.78, 5) is 11.2. The smallest absolute Gasteiger partial charge is 0.303 e. The normalized spacial score (nSPS) is 11.7. The summed E-state index contributed by atoms with van der Waals surface area (Å²) in [6, 6.07) is 19.3. The number of esters is 1. The zero-order valence-corrected chi connectivity index (χ0v) is 12.6. The van der Waals surface area contributed by atoms with E-state index in [4.69, 9.17) is 14.2 Å². The van der Waals surface area contributed by atoms with Gasteiger partial charge in [0.1, 0.15) is 12.4 Å².